The van der Waals surface area contributed by atoms with Gasteiger partial charge in [0.1, 0.15) is 0 Å². The molecule has 0 radical (unpaired) electrons. The molecule has 0 spiro atoms. The number of aliphatic carboxylic acids is 2. The van der Waals surface area contributed by atoms with E-state index in [0.717, 1.165) is 12.2 Å². The summed E-state index contributed by atoms with van der Waals surface area (Å²) in [6.07, 6.45) is 2.15. The first-order valence-electron chi connectivity index (χ1n) is 5.37. The summed E-state index contributed by atoms with van der Waals surface area (Å²) in [4.78, 5) is 29.1. The number of hydrogen-bond donors (Lipinski definition) is 3. The van der Waals surface area contributed by atoms with E-state index in [0.29, 0.717) is 12.0 Å². The van der Waals surface area contributed by atoms with Crippen molar-refractivity contribution in [1.29, 1.82) is 0 Å². The maximum absolute atomic E-state index is 10.6. The van der Waals surface area contributed by atoms with Gasteiger partial charge in [0.15, 0.2) is 0 Å². The number of aliphatic hydroxyl groups excluding tert-OH is 1. The minimum Gasteiger partial charge on any atom is -0.478 e. The predicted octanol–water partition coefficient (Wildman–Crippen LogP) is 1.00. The minimum absolute atomic E-state index is 0.0451. The minimum atomic E-state index is -0.981. The van der Waals surface area contributed by atoms with Gasteiger partial charge < -0.3 is 20.1 Å². The van der Waals surface area contributed by atoms with Crippen LogP contribution in [0.25, 0.3) is 0 Å². The van der Waals surface area contributed by atoms with Gasteiger partial charge in [-0.3, -0.25) is 0 Å². The van der Waals surface area contributed by atoms with Crippen LogP contribution in [0.15, 0.2) is 37.5 Å². The molecule has 0 bridgehead atoms. The van der Waals surface area contributed by atoms with Crippen molar-refractivity contribution in [2.24, 2.45) is 0 Å². The maximum Gasteiger partial charge on any atom is 0.333 e. The van der Waals surface area contributed by atoms with Crippen LogP contribution in [-0.4, -0.2) is 46.4 Å². The number of esters is 1. The lowest BCUT2D eigenvalue weighted by Gasteiger charge is -2.00. The zero-order valence-electron chi connectivity index (χ0n) is 11.4. The summed E-state index contributed by atoms with van der Waals surface area (Å²) < 4.78 is 4.65. The third kappa shape index (κ3) is 29.6. The van der Waals surface area contributed by atoms with Crippen molar-refractivity contribution in [3.63, 3.8) is 0 Å². The first-order valence-corrected chi connectivity index (χ1v) is 5.37. The standard InChI is InChI=1S/C7H12O3.2C3H4O2/c1-6(2)7(9)10-5-3-4-8;2*1-2-3(4)5/h8H,1,3-5H2,2H3;2*2H,1H2,(H,4,5). The molecule has 0 saturated carbocycles. The molecule has 7 heteroatoms. The zero-order chi connectivity index (χ0) is 16.6. The van der Waals surface area contributed by atoms with Gasteiger partial charge >= 0.3 is 17.9 Å². The molecule has 0 saturated heterocycles. The van der Waals surface area contributed by atoms with Gasteiger partial charge in [-0.05, 0) is 6.92 Å². The quantitative estimate of drug-likeness (QED) is 0.378. The van der Waals surface area contributed by atoms with Gasteiger partial charge in [0.05, 0.1) is 6.61 Å². The highest BCUT2D eigenvalue weighted by atomic mass is 16.5. The topological polar surface area (TPSA) is 121 Å². The van der Waals surface area contributed by atoms with E-state index in [2.05, 4.69) is 24.5 Å². The average molecular weight is 288 g/mol. The molecule has 0 amide bonds. The van der Waals surface area contributed by atoms with Crippen LogP contribution >= 0.6 is 0 Å². The Bertz CT molecular complexity index is 327. The Labute approximate surface area is 117 Å². The van der Waals surface area contributed by atoms with E-state index < -0.39 is 17.9 Å². The molecule has 114 valence electrons. The van der Waals surface area contributed by atoms with Crippen molar-refractivity contribution >= 4 is 17.9 Å². The van der Waals surface area contributed by atoms with Crippen molar-refractivity contribution in [3.8, 4) is 0 Å². The molecule has 0 heterocycles. The Balaban J connectivity index is -0.000000244. The van der Waals surface area contributed by atoms with Gasteiger partial charge in [0.2, 0.25) is 0 Å². The van der Waals surface area contributed by atoms with Crippen LogP contribution in [0.1, 0.15) is 13.3 Å². The van der Waals surface area contributed by atoms with Gasteiger partial charge in [-0.2, -0.15) is 0 Å². The normalized spacial score (nSPS) is 7.70. The molecule has 7 nitrogen and oxygen atoms in total. The Morgan fingerprint density at radius 2 is 1.45 bits per heavy atom. The van der Waals surface area contributed by atoms with Crippen molar-refractivity contribution < 1.29 is 34.4 Å². The monoisotopic (exact) mass is 288 g/mol. The van der Waals surface area contributed by atoms with Crippen LogP contribution in [0.3, 0.4) is 0 Å². The number of aliphatic hydroxyl groups is 1. The second-order valence-corrected chi connectivity index (χ2v) is 3.08. The second kappa shape index (κ2) is 16.6. The summed E-state index contributed by atoms with van der Waals surface area (Å²) >= 11 is 0. The van der Waals surface area contributed by atoms with Crippen LogP contribution in [0.2, 0.25) is 0 Å². The molecule has 20 heavy (non-hydrogen) atoms. The highest BCUT2D eigenvalue weighted by Crippen LogP contribution is 1.92. The Kier molecular flexibility index (Phi) is 18.9. The number of carbonyl (C=O) groups excluding carboxylic acids is 1. The van der Waals surface area contributed by atoms with E-state index in [9.17, 15) is 14.4 Å². The summed E-state index contributed by atoms with van der Waals surface area (Å²) in [5.74, 6) is -2.36. The van der Waals surface area contributed by atoms with Gasteiger partial charge in [-0.1, -0.05) is 19.7 Å². The van der Waals surface area contributed by atoms with Crippen molar-refractivity contribution in [1.82, 2.24) is 0 Å². The third-order valence-corrected chi connectivity index (χ3v) is 1.23. The lowest BCUT2D eigenvalue weighted by molar-refractivity contribution is -0.139. The third-order valence-electron chi connectivity index (χ3n) is 1.23. The van der Waals surface area contributed by atoms with Gasteiger partial charge in [0.25, 0.3) is 0 Å². The molecule has 0 aliphatic carbocycles. The van der Waals surface area contributed by atoms with E-state index in [-0.39, 0.29) is 13.2 Å². The van der Waals surface area contributed by atoms with Gasteiger partial charge in [0, 0.05) is 30.8 Å². The summed E-state index contributed by atoms with van der Waals surface area (Å²) in [5, 5.41) is 23.5. The fourth-order valence-electron chi connectivity index (χ4n) is 0.353. The van der Waals surface area contributed by atoms with Crippen LogP contribution < -0.4 is 0 Å². The average Bonchev–Trinajstić information content (AvgIpc) is 2.40. The molecule has 3 N–H and O–H groups in total. The molecular weight excluding hydrogens is 268 g/mol. The number of carbonyl (C=O) groups is 3. The Morgan fingerprint density at radius 3 is 1.65 bits per heavy atom. The fraction of sp³-hybridized carbons (Fsp3) is 0.308. The Morgan fingerprint density at radius 1 is 1.10 bits per heavy atom. The van der Waals surface area contributed by atoms with E-state index in [1.54, 1.807) is 6.92 Å². The summed E-state index contributed by atoms with van der Waals surface area (Å²) in [7, 11) is 0. The molecule has 0 aromatic heterocycles. The lowest BCUT2D eigenvalue weighted by Crippen LogP contribution is -2.06. The zero-order valence-corrected chi connectivity index (χ0v) is 11.4. The molecular formula is C13H20O7. The molecule has 0 aromatic carbocycles. The first-order chi connectivity index (χ1) is 9.22. The summed E-state index contributed by atoms with van der Waals surface area (Å²) in [6.45, 7) is 11.2. The largest absolute Gasteiger partial charge is 0.478 e. The number of hydrogen-bond acceptors (Lipinski definition) is 5. The van der Waals surface area contributed by atoms with Crippen LogP contribution in [0.4, 0.5) is 0 Å². The van der Waals surface area contributed by atoms with Crippen molar-refractivity contribution in [2.45, 2.75) is 13.3 Å². The molecule has 0 aliphatic heterocycles. The number of carboxylic acid groups (broad SMARTS) is 2. The summed E-state index contributed by atoms with van der Waals surface area (Å²) in [6, 6.07) is 0. The predicted molar refractivity (Wildman–Crippen MR) is 73.1 cm³/mol. The number of rotatable bonds is 6. The van der Waals surface area contributed by atoms with Crippen LogP contribution in [0, 0.1) is 0 Å². The molecule has 0 aliphatic rings. The number of ether oxygens (including phenoxy) is 1. The van der Waals surface area contributed by atoms with Crippen molar-refractivity contribution in [3.05, 3.63) is 37.5 Å². The lowest BCUT2D eigenvalue weighted by atomic mass is 10.4. The fourth-order valence-corrected chi connectivity index (χ4v) is 0.353. The van der Waals surface area contributed by atoms with E-state index >= 15 is 0 Å². The van der Waals surface area contributed by atoms with E-state index in [4.69, 9.17) is 15.3 Å². The molecule has 0 rings (SSSR count). The second-order valence-electron chi connectivity index (χ2n) is 3.08. The number of carboxylic acids is 2. The highest BCUT2D eigenvalue weighted by Gasteiger charge is 2.00. The molecule has 0 atom stereocenters. The first kappa shape index (κ1) is 22.7. The molecule has 0 fully saturated rings. The summed E-state index contributed by atoms with van der Waals surface area (Å²) in [5.41, 5.74) is 0.387. The van der Waals surface area contributed by atoms with E-state index in [1.807, 2.05) is 0 Å². The van der Waals surface area contributed by atoms with Gasteiger partial charge in [-0.25, -0.2) is 14.4 Å². The SMILES string of the molecule is C=C(C)C(=O)OCCCO.C=CC(=O)O.C=CC(=O)O. The van der Waals surface area contributed by atoms with Crippen molar-refractivity contribution in [2.75, 3.05) is 13.2 Å². The Hall–Kier alpha value is -2.41. The molecule has 0 aromatic rings. The highest BCUT2D eigenvalue weighted by molar-refractivity contribution is 5.86. The van der Waals surface area contributed by atoms with Gasteiger partial charge in [-0.15, -0.1) is 0 Å². The molecule has 0 unspecified atom stereocenters. The van der Waals surface area contributed by atoms with E-state index in [1.165, 1.54) is 0 Å². The smallest absolute Gasteiger partial charge is 0.333 e. The van der Waals surface area contributed by atoms with Crippen LogP contribution in [-0.2, 0) is 19.1 Å². The maximum atomic E-state index is 10.6. The van der Waals surface area contributed by atoms with Crippen LogP contribution in [0.5, 0.6) is 0 Å².